The second-order valence-electron chi connectivity index (χ2n) is 6.03. The molecule has 2 aliphatic heterocycles. The highest BCUT2D eigenvalue weighted by molar-refractivity contribution is 7.99. The lowest BCUT2D eigenvalue weighted by Gasteiger charge is -2.37. The number of hydrogen-bond acceptors (Lipinski definition) is 3. The summed E-state index contributed by atoms with van der Waals surface area (Å²) < 4.78 is 0. The van der Waals surface area contributed by atoms with Crippen molar-refractivity contribution in [2.45, 2.75) is 50.8 Å². The van der Waals surface area contributed by atoms with Gasteiger partial charge in [-0.2, -0.15) is 11.8 Å². The van der Waals surface area contributed by atoms with Gasteiger partial charge in [-0.15, -0.1) is 0 Å². The number of thioether (sulfide) groups is 1. The van der Waals surface area contributed by atoms with Crippen molar-refractivity contribution < 1.29 is 0 Å². The molecule has 2 atom stereocenters. The molecule has 2 rings (SSSR count). The molecule has 0 amide bonds. The maximum Gasteiger partial charge on any atom is 0.0198 e. The second kappa shape index (κ2) is 7.01. The summed E-state index contributed by atoms with van der Waals surface area (Å²) in [5.74, 6) is 2.21. The van der Waals surface area contributed by atoms with E-state index in [2.05, 4.69) is 35.8 Å². The lowest BCUT2D eigenvalue weighted by molar-refractivity contribution is 0.185. The van der Waals surface area contributed by atoms with Gasteiger partial charge in [-0.05, 0) is 30.9 Å². The molecular formula is C14H28N2S. The fourth-order valence-electron chi connectivity index (χ4n) is 3.03. The number of nitrogens with zero attached hydrogens (tertiary/aromatic N) is 1. The highest BCUT2D eigenvalue weighted by Gasteiger charge is 2.23. The Morgan fingerprint density at radius 3 is 2.94 bits per heavy atom. The average Bonchev–Trinajstić information content (AvgIpc) is 2.30. The zero-order valence-electron chi connectivity index (χ0n) is 11.5. The first-order valence-electron chi connectivity index (χ1n) is 7.31. The van der Waals surface area contributed by atoms with Crippen LogP contribution in [-0.4, -0.2) is 48.1 Å². The molecule has 2 nitrogen and oxygen atoms in total. The molecule has 3 heteroatoms. The highest BCUT2D eigenvalue weighted by Crippen LogP contribution is 2.26. The van der Waals surface area contributed by atoms with Crippen LogP contribution in [-0.2, 0) is 0 Å². The molecule has 0 radical (unpaired) electrons. The van der Waals surface area contributed by atoms with E-state index < -0.39 is 0 Å². The largest absolute Gasteiger partial charge is 0.311 e. The third-order valence-electron chi connectivity index (χ3n) is 3.83. The first-order chi connectivity index (χ1) is 8.24. The lowest BCUT2D eigenvalue weighted by Crippen LogP contribution is -2.52. The van der Waals surface area contributed by atoms with Crippen LogP contribution in [0.4, 0.5) is 0 Å². The van der Waals surface area contributed by atoms with Gasteiger partial charge in [0.15, 0.2) is 0 Å². The molecule has 1 N–H and O–H groups in total. The third kappa shape index (κ3) is 4.80. The Hall–Kier alpha value is 0.270. The Morgan fingerprint density at radius 2 is 2.24 bits per heavy atom. The predicted molar refractivity (Wildman–Crippen MR) is 77.8 cm³/mol. The summed E-state index contributed by atoms with van der Waals surface area (Å²) in [6, 6.07) is 0.734. The van der Waals surface area contributed by atoms with Crippen molar-refractivity contribution in [3.05, 3.63) is 0 Å². The quantitative estimate of drug-likeness (QED) is 0.832. The number of hydrogen-bond donors (Lipinski definition) is 1. The summed E-state index contributed by atoms with van der Waals surface area (Å²) in [5, 5.41) is 4.59. The molecule has 2 saturated heterocycles. The smallest absolute Gasteiger partial charge is 0.0198 e. The molecule has 0 bridgehead atoms. The second-order valence-corrected chi connectivity index (χ2v) is 7.44. The van der Waals surface area contributed by atoms with E-state index in [4.69, 9.17) is 0 Å². The van der Waals surface area contributed by atoms with Crippen molar-refractivity contribution in [2.24, 2.45) is 5.92 Å². The summed E-state index contributed by atoms with van der Waals surface area (Å²) in [6.45, 7) is 9.71. The molecule has 17 heavy (non-hydrogen) atoms. The predicted octanol–water partition coefficient (Wildman–Crippen LogP) is 2.59. The van der Waals surface area contributed by atoms with Crippen molar-refractivity contribution in [1.82, 2.24) is 10.2 Å². The first-order valence-corrected chi connectivity index (χ1v) is 8.36. The number of nitrogens with one attached hydrogen (secondary N) is 1. The molecule has 2 aliphatic rings. The molecule has 0 aromatic carbocycles. The molecule has 2 unspecified atom stereocenters. The average molecular weight is 256 g/mol. The van der Waals surface area contributed by atoms with Crippen molar-refractivity contribution in [1.29, 1.82) is 0 Å². The summed E-state index contributed by atoms with van der Waals surface area (Å²) >= 11 is 2.21. The van der Waals surface area contributed by atoms with Crippen LogP contribution in [0.2, 0.25) is 0 Å². The van der Waals surface area contributed by atoms with E-state index >= 15 is 0 Å². The van der Waals surface area contributed by atoms with Gasteiger partial charge in [0.25, 0.3) is 0 Å². The SMILES string of the molecule is CC(C)CC1CN(CC2CCCCS2)CCN1. The molecule has 2 heterocycles. The number of rotatable bonds is 4. The maximum atomic E-state index is 3.67. The molecule has 0 saturated carbocycles. The zero-order valence-corrected chi connectivity index (χ0v) is 12.3. The van der Waals surface area contributed by atoms with Gasteiger partial charge in [-0.1, -0.05) is 20.3 Å². The van der Waals surface area contributed by atoms with Crippen molar-refractivity contribution >= 4 is 11.8 Å². The molecule has 0 aromatic heterocycles. The normalized spacial score (nSPS) is 31.9. The van der Waals surface area contributed by atoms with Gasteiger partial charge >= 0.3 is 0 Å². The topological polar surface area (TPSA) is 15.3 Å². The summed E-state index contributed by atoms with van der Waals surface area (Å²) in [5.41, 5.74) is 0. The van der Waals surface area contributed by atoms with Crippen LogP contribution in [0.5, 0.6) is 0 Å². The van der Waals surface area contributed by atoms with Gasteiger partial charge in [0.05, 0.1) is 0 Å². The van der Waals surface area contributed by atoms with E-state index in [1.807, 2.05) is 0 Å². The van der Waals surface area contributed by atoms with E-state index in [1.165, 1.54) is 57.6 Å². The molecule has 0 aliphatic carbocycles. The van der Waals surface area contributed by atoms with Gasteiger partial charge in [-0.25, -0.2) is 0 Å². The zero-order chi connectivity index (χ0) is 12.1. The summed E-state index contributed by atoms with van der Waals surface area (Å²) in [7, 11) is 0. The van der Waals surface area contributed by atoms with Crippen LogP contribution in [0, 0.1) is 5.92 Å². The van der Waals surface area contributed by atoms with E-state index in [-0.39, 0.29) is 0 Å². The Kier molecular flexibility index (Phi) is 5.64. The van der Waals surface area contributed by atoms with Crippen LogP contribution < -0.4 is 5.32 Å². The molecule has 2 fully saturated rings. The first kappa shape index (κ1) is 13.7. The molecule has 0 aromatic rings. The standard InChI is InChI=1S/C14H28N2S/c1-12(2)9-13-10-16(7-6-15-13)11-14-5-3-4-8-17-14/h12-15H,3-11H2,1-2H3. The third-order valence-corrected chi connectivity index (χ3v) is 5.21. The summed E-state index contributed by atoms with van der Waals surface area (Å²) in [6.07, 6.45) is 5.68. The molecule has 100 valence electrons. The van der Waals surface area contributed by atoms with Gasteiger partial charge in [0, 0.05) is 37.5 Å². The molecule has 0 spiro atoms. The Balaban J connectivity index is 1.72. The number of piperazine rings is 1. The van der Waals surface area contributed by atoms with Crippen molar-refractivity contribution in [3.63, 3.8) is 0 Å². The van der Waals surface area contributed by atoms with Crippen LogP contribution in [0.3, 0.4) is 0 Å². The van der Waals surface area contributed by atoms with E-state index in [1.54, 1.807) is 0 Å². The highest BCUT2D eigenvalue weighted by atomic mass is 32.2. The minimum absolute atomic E-state index is 0.734. The minimum atomic E-state index is 0.734. The van der Waals surface area contributed by atoms with Gasteiger partial charge in [0.1, 0.15) is 0 Å². The van der Waals surface area contributed by atoms with E-state index in [0.717, 1.165) is 17.2 Å². The Labute approximate surface area is 111 Å². The minimum Gasteiger partial charge on any atom is -0.311 e. The summed E-state index contributed by atoms with van der Waals surface area (Å²) in [4.78, 5) is 2.70. The maximum absolute atomic E-state index is 3.67. The Morgan fingerprint density at radius 1 is 1.35 bits per heavy atom. The Bertz CT molecular complexity index is 214. The monoisotopic (exact) mass is 256 g/mol. The van der Waals surface area contributed by atoms with E-state index in [0.29, 0.717) is 0 Å². The van der Waals surface area contributed by atoms with Crippen LogP contribution in [0.15, 0.2) is 0 Å². The van der Waals surface area contributed by atoms with Gasteiger partial charge < -0.3 is 5.32 Å². The molecular weight excluding hydrogens is 228 g/mol. The fraction of sp³-hybridized carbons (Fsp3) is 1.00. The van der Waals surface area contributed by atoms with Gasteiger partial charge in [-0.3, -0.25) is 4.90 Å². The van der Waals surface area contributed by atoms with Crippen LogP contribution >= 0.6 is 11.8 Å². The lowest BCUT2D eigenvalue weighted by atomic mass is 10.0. The van der Waals surface area contributed by atoms with Crippen molar-refractivity contribution in [3.8, 4) is 0 Å². The fourth-order valence-corrected chi connectivity index (χ4v) is 4.38. The van der Waals surface area contributed by atoms with Gasteiger partial charge in [0.2, 0.25) is 0 Å². The van der Waals surface area contributed by atoms with E-state index in [9.17, 15) is 0 Å². The van der Waals surface area contributed by atoms with Crippen LogP contribution in [0.25, 0.3) is 0 Å². The van der Waals surface area contributed by atoms with Crippen LogP contribution in [0.1, 0.15) is 39.5 Å². The van der Waals surface area contributed by atoms with Crippen molar-refractivity contribution in [2.75, 3.05) is 31.9 Å².